The van der Waals surface area contributed by atoms with Crippen LogP contribution in [0.5, 0.6) is 5.75 Å². The van der Waals surface area contributed by atoms with Crippen LogP contribution in [0.4, 0.5) is 11.4 Å². The maximum absolute atomic E-state index is 12.2. The largest absolute Gasteiger partial charge is 0.495 e. The van der Waals surface area contributed by atoms with Crippen molar-refractivity contribution in [3.05, 3.63) is 53.1 Å². The van der Waals surface area contributed by atoms with Gasteiger partial charge in [0.15, 0.2) is 0 Å². The van der Waals surface area contributed by atoms with Crippen LogP contribution in [0.1, 0.15) is 12.5 Å². The molecule has 2 aromatic rings. The van der Waals surface area contributed by atoms with E-state index in [1.807, 2.05) is 30.1 Å². The third-order valence-electron chi connectivity index (χ3n) is 3.57. The minimum absolute atomic E-state index is 0.126. The number of nitrogens with one attached hydrogen (secondary N) is 2. The molecule has 0 bridgehead atoms. The molecule has 0 aromatic heterocycles. The zero-order chi connectivity index (χ0) is 19.1. The lowest BCUT2D eigenvalue weighted by Crippen LogP contribution is -2.29. The standard InChI is InChI=1S/C19H22ClN3O3/c1-13(24)21-15-5-7-16(8-6-15)22-19(25)12-23(2)11-14-4-9-18(26-3)17(20)10-14/h4-10H,11-12H2,1-3H3,(H,21,24)(H,22,25). The Hall–Kier alpha value is -2.57. The normalized spacial score (nSPS) is 10.5. The van der Waals surface area contributed by atoms with Crippen LogP contribution in [0, 0.1) is 0 Å². The Labute approximate surface area is 158 Å². The van der Waals surface area contributed by atoms with Crippen LogP contribution < -0.4 is 15.4 Å². The van der Waals surface area contributed by atoms with E-state index in [0.717, 1.165) is 5.56 Å². The van der Waals surface area contributed by atoms with Crippen LogP contribution in [0.25, 0.3) is 0 Å². The maximum Gasteiger partial charge on any atom is 0.238 e. The highest BCUT2D eigenvalue weighted by atomic mass is 35.5. The number of methoxy groups -OCH3 is 1. The molecule has 0 aliphatic rings. The van der Waals surface area contributed by atoms with Gasteiger partial charge in [0.2, 0.25) is 11.8 Å². The van der Waals surface area contributed by atoms with E-state index in [1.165, 1.54) is 6.92 Å². The summed E-state index contributed by atoms with van der Waals surface area (Å²) in [7, 11) is 3.43. The van der Waals surface area contributed by atoms with Gasteiger partial charge in [0, 0.05) is 24.8 Å². The molecule has 2 rings (SSSR count). The van der Waals surface area contributed by atoms with Crippen molar-refractivity contribution >= 4 is 34.8 Å². The first-order valence-corrected chi connectivity index (χ1v) is 8.43. The Morgan fingerprint density at radius 1 is 1.08 bits per heavy atom. The van der Waals surface area contributed by atoms with Crippen LogP contribution in [-0.4, -0.2) is 37.4 Å². The van der Waals surface area contributed by atoms with Crippen molar-refractivity contribution in [2.75, 3.05) is 31.3 Å². The number of rotatable bonds is 7. The quantitative estimate of drug-likeness (QED) is 0.778. The van der Waals surface area contributed by atoms with Gasteiger partial charge in [-0.3, -0.25) is 14.5 Å². The molecular formula is C19H22ClN3O3. The Balaban J connectivity index is 1.86. The van der Waals surface area contributed by atoms with Crippen molar-refractivity contribution in [1.82, 2.24) is 4.90 Å². The zero-order valence-corrected chi connectivity index (χ0v) is 15.8. The highest BCUT2D eigenvalue weighted by Crippen LogP contribution is 2.25. The molecule has 26 heavy (non-hydrogen) atoms. The second-order valence-electron chi connectivity index (χ2n) is 5.95. The number of carbonyl (C=O) groups is 2. The molecule has 0 fully saturated rings. The smallest absolute Gasteiger partial charge is 0.238 e. The summed E-state index contributed by atoms with van der Waals surface area (Å²) in [6, 6.07) is 12.5. The molecule has 2 amide bonds. The zero-order valence-electron chi connectivity index (χ0n) is 15.0. The summed E-state index contributed by atoms with van der Waals surface area (Å²) in [5.41, 5.74) is 2.35. The van der Waals surface area contributed by atoms with Gasteiger partial charge < -0.3 is 15.4 Å². The van der Waals surface area contributed by atoms with E-state index < -0.39 is 0 Å². The number of carbonyl (C=O) groups excluding carboxylic acids is 2. The van der Waals surface area contributed by atoms with Crippen LogP contribution in [0.3, 0.4) is 0 Å². The van der Waals surface area contributed by atoms with E-state index in [2.05, 4.69) is 10.6 Å². The summed E-state index contributed by atoms with van der Waals surface area (Å²) in [6.45, 7) is 2.26. The fourth-order valence-electron chi connectivity index (χ4n) is 2.46. The molecule has 0 saturated heterocycles. The van der Waals surface area contributed by atoms with Gasteiger partial charge in [0.05, 0.1) is 18.7 Å². The summed E-state index contributed by atoms with van der Waals surface area (Å²) in [5.74, 6) is 0.361. The number of hydrogen-bond donors (Lipinski definition) is 2. The Kier molecular flexibility index (Phi) is 7.00. The van der Waals surface area contributed by atoms with Crippen molar-refractivity contribution in [1.29, 1.82) is 0 Å². The summed E-state index contributed by atoms with van der Waals surface area (Å²) >= 11 is 6.12. The van der Waals surface area contributed by atoms with E-state index in [9.17, 15) is 9.59 Å². The molecule has 7 heteroatoms. The Bertz CT molecular complexity index is 778. The lowest BCUT2D eigenvalue weighted by molar-refractivity contribution is -0.117. The third-order valence-corrected chi connectivity index (χ3v) is 3.87. The molecule has 0 saturated carbocycles. The van der Waals surface area contributed by atoms with Crippen LogP contribution in [-0.2, 0) is 16.1 Å². The average molecular weight is 376 g/mol. The van der Waals surface area contributed by atoms with Crippen molar-refractivity contribution in [3.8, 4) is 5.75 Å². The fraction of sp³-hybridized carbons (Fsp3) is 0.263. The molecule has 2 aromatic carbocycles. The number of halogens is 1. The highest BCUT2D eigenvalue weighted by Gasteiger charge is 2.09. The molecule has 2 N–H and O–H groups in total. The van der Waals surface area contributed by atoms with Gasteiger partial charge in [-0.25, -0.2) is 0 Å². The van der Waals surface area contributed by atoms with E-state index in [-0.39, 0.29) is 18.4 Å². The predicted octanol–water partition coefficient (Wildman–Crippen LogP) is 3.38. The summed E-state index contributed by atoms with van der Waals surface area (Å²) in [4.78, 5) is 25.1. The number of hydrogen-bond acceptors (Lipinski definition) is 4. The number of anilines is 2. The van der Waals surface area contributed by atoms with Crippen LogP contribution in [0.15, 0.2) is 42.5 Å². The molecule has 0 unspecified atom stereocenters. The first-order chi connectivity index (χ1) is 12.4. The lowest BCUT2D eigenvalue weighted by Gasteiger charge is -2.17. The molecule has 0 aliphatic carbocycles. The van der Waals surface area contributed by atoms with Crippen LogP contribution >= 0.6 is 11.6 Å². The lowest BCUT2D eigenvalue weighted by atomic mass is 10.2. The topological polar surface area (TPSA) is 70.7 Å². The molecular weight excluding hydrogens is 354 g/mol. The van der Waals surface area contributed by atoms with E-state index in [4.69, 9.17) is 16.3 Å². The number of nitrogens with zero attached hydrogens (tertiary/aromatic N) is 1. The van der Waals surface area contributed by atoms with E-state index >= 15 is 0 Å². The summed E-state index contributed by atoms with van der Waals surface area (Å²) < 4.78 is 5.13. The first-order valence-electron chi connectivity index (χ1n) is 8.06. The number of amides is 2. The van der Waals surface area contributed by atoms with Gasteiger partial charge in [0.25, 0.3) is 0 Å². The Morgan fingerprint density at radius 3 is 2.23 bits per heavy atom. The van der Waals surface area contributed by atoms with Gasteiger partial charge in [-0.2, -0.15) is 0 Å². The second-order valence-corrected chi connectivity index (χ2v) is 6.36. The van der Waals surface area contributed by atoms with Gasteiger partial charge in [-0.15, -0.1) is 0 Å². The fourth-order valence-corrected chi connectivity index (χ4v) is 2.74. The molecule has 0 aliphatic heterocycles. The molecule has 0 heterocycles. The molecule has 0 radical (unpaired) electrons. The molecule has 0 atom stereocenters. The first kappa shape index (κ1) is 19.8. The van der Waals surface area contributed by atoms with Crippen molar-refractivity contribution in [3.63, 3.8) is 0 Å². The summed E-state index contributed by atoms with van der Waals surface area (Å²) in [5, 5.41) is 6.05. The maximum atomic E-state index is 12.2. The van der Waals surface area contributed by atoms with Crippen molar-refractivity contribution < 1.29 is 14.3 Å². The number of likely N-dealkylation sites (N-methyl/N-ethyl adjacent to an activating group) is 1. The highest BCUT2D eigenvalue weighted by molar-refractivity contribution is 6.32. The molecule has 6 nitrogen and oxygen atoms in total. The molecule has 0 spiro atoms. The average Bonchev–Trinajstić information content (AvgIpc) is 2.56. The predicted molar refractivity (Wildman–Crippen MR) is 104 cm³/mol. The Morgan fingerprint density at radius 2 is 1.69 bits per heavy atom. The van der Waals surface area contributed by atoms with Gasteiger partial charge in [-0.1, -0.05) is 17.7 Å². The van der Waals surface area contributed by atoms with Gasteiger partial charge >= 0.3 is 0 Å². The molecule has 138 valence electrons. The van der Waals surface area contributed by atoms with Gasteiger partial charge in [0.1, 0.15) is 5.75 Å². The minimum atomic E-state index is -0.137. The minimum Gasteiger partial charge on any atom is -0.495 e. The van der Waals surface area contributed by atoms with Crippen LogP contribution in [0.2, 0.25) is 5.02 Å². The SMILES string of the molecule is COc1ccc(CN(C)CC(=O)Nc2ccc(NC(C)=O)cc2)cc1Cl. The van der Waals surface area contributed by atoms with Crippen molar-refractivity contribution in [2.45, 2.75) is 13.5 Å². The number of ether oxygens (including phenoxy) is 1. The van der Waals surface area contributed by atoms with E-state index in [1.54, 1.807) is 31.4 Å². The second kappa shape index (κ2) is 9.22. The summed E-state index contributed by atoms with van der Waals surface area (Å²) in [6.07, 6.45) is 0. The number of benzene rings is 2. The third kappa shape index (κ3) is 6.06. The van der Waals surface area contributed by atoms with E-state index in [0.29, 0.717) is 28.7 Å². The van der Waals surface area contributed by atoms with Crippen molar-refractivity contribution in [2.24, 2.45) is 0 Å². The van der Waals surface area contributed by atoms with Gasteiger partial charge in [-0.05, 0) is 49.0 Å². The monoisotopic (exact) mass is 375 g/mol.